The number of hydrogen-bond acceptors (Lipinski definition) is 4. The summed E-state index contributed by atoms with van der Waals surface area (Å²) < 4.78 is 25.1. The SMILES string of the molecule is CC1(C)OB(/C=C/c2cncc(F)c2CO)OC1(C)C. The third-order valence-corrected chi connectivity index (χ3v) is 3.90. The van der Waals surface area contributed by atoms with Gasteiger partial charge in [-0.05, 0) is 27.7 Å². The van der Waals surface area contributed by atoms with E-state index in [1.807, 2.05) is 27.7 Å². The summed E-state index contributed by atoms with van der Waals surface area (Å²) >= 11 is 0. The first-order valence-electron chi connectivity index (χ1n) is 6.54. The normalized spacial score (nSPS) is 20.8. The van der Waals surface area contributed by atoms with Crippen molar-refractivity contribution in [2.75, 3.05) is 0 Å². The molecule has 0 aromatic carbocycles. The molecule has 0 aliphatic carbocycles. The summed E-state index contributed by atoms with van der Waals surface area (Å²) in [5, 5.41) is 9.19. The number of nitrogens with zero attached hydrogens (tertiary/aromatic N) is 1. The van der Waals surface area contributed by atoms with Crippen LogP contribution in [0.15, 0.2) is 18.4 Å². The smallest absolute Gasteiger partial charge is 0.400 e. The van der Waals surface area contributed by atoms with Crippen molar-refractivity contribution in [1.82, 2.24) is 4.98 Å². The van der Waals surface area contributed by atoms with Gasteiger partial charge in [-0.3, -0.25) is 4.98 Å². The van der Waals surface area contributed by atoms with E-state index in [2.05, 4.69) is 4.98 Å². The van der Waals surface area contributed by atoms with E-state index in [0.717, 1.165) is 6.20 Å². The Labute approximate surface area is 118 Å². The topological polar surface area (TPSA) is 51.6 Å². The molecule has 1 aliphatic rings. The van der Waals surface area contributed by atoms with Crippen molar-refractivity contribution < 1.29 is 18.8 Å². The van der Waals surface area contributed by atoms with Crippen LogP contribution in [0.2, 0.25) is 0 Å². The van der Waals surface area contributed by atoms with Crippen LogP contribution in [0.3, 0.4) is 0 Å². The quantitative estimate of drug-likeness (QED) is 0.863. The molecule has 1 aliphatic heterocycles. The first-order valence-corrected chi connectivity index (χ1v) is 6.54. The van der Waals surface area contributed by atoms with Gasteiger partial charge in [0.2, 0.25) is 0 Å². The first kappa shape index (κ1) is 15.2. The van der Waals surface area contributed by atoms with E-state index in [-0.39, 0.29) is 12.2 Å². The molecule has 0 atom stereocenters. The van der Waals surface area contributed by atoms with E-state index in [9.17, 15) is 9.50 Å². The Kier molecular flexibility index (Phi) is 4.00. The van der Waals surface area contributed by atoms with Gasteiger partial charge in [0.1, 0.15) is 5.82 Å². The highest BCUT2D eigenvalue weighted by atomic mass is 19.1. The second-order valence-corrected chi connectivity index (χ2v) is 5.83. The van der Waals surface area contributed by atoms with Crippen molar-refractivity contribution in [2.45, 2.75) is 45.5 Å². The number of aromatic nitrogens is 1. The van der Waals surface area contributed by atoms with Crippen molar-refractivity contribution in [1.29, 1.82) is 0 Å². The molecule has 1 aromatic heterocycles. The maximum Gasteiger partial charge on any atom is 0.487 e. The van der Waals surface area contributed by atoms with Crippen molar-refractivity contribution in [3.63, 3.8) is 0 Å². The van der Waals surface area contributed by atoms with E-state index in [0.29, 0.717) is 5.56 Å². The van der Waals surface area contributed by atoms with Crippen LogP contribution in [0.1, 0.15) is 38.8 Å². The minimum atomic E-state index is -0.524. The molecule has 0 saturated carbocycles. The van der Waals surface area contributed by atoms with Gasteiger partial charge in [0, 0.05) is 17.3 Å². The summed E-state index contributed by atoms with van der Waals surface area (Å²) in [6.45, 7) is 7.47. The van der Waals surface area contributed by atoms with Crippen LogP contribution in [0.5, 0.6) is 0 Å². The zero-order valence-corrected chi connectivity index (χ0v) is 12.2. The molecule has 2 heterocycles. The molecule has 1 saturated heterocycles. The van der Waals surface area contributed by atoms with E-state index in [1.165, 1.54) is 6.20 Å². The fourth-order valence-electron chi connectivity index (χ4n) is 1.94. The molecular formula is C14H19BFNO3. The standard InChI is InChI=1S/C14H19BFNO3/c1-13(2)14(3,4)20-15(19-13)6-5-10-7-17-8-12(16)11(10)9-18/h5-8,18H,9H2,1-4H3/b6-5+. The molecule has 4 nitrogen and oxygen atoms in total. The highest BCUT2D eigenvalue weighted by molar-refractivity contribution is 6.52. The Hall–Kier alpha value is -1.24. The Morgan fingerprint density at radius 1 is 1.25 bits per heavy atom. The van der Waals surface area contributed by atoms with E-state index in [1.54, 1.807) is 12.1 Å². The van der Waals surface area contributed by atoms with Crippen LogP contribution in [0.4, 0.5) is 4.39 Å². The Morgan fingerprint density at radius 2 is 1.85 bits per heavy atom. The lowest BCUT2D eigenvalue weighted by Crippen LogP contribution is -2.41. The molecule has 6 heteroatoms. The van der Waals surface area contributed by atoms with Gasteiger partial charge in [0.05, 0.1) is 24.0 Å². The second kappa shape index (κ2) is 5.28. The van der Waals surface area contributed by atoms with Crippen molar-refractivity contribution in [3.05, 3.63) is 35.3 Å². The predicted octanol–water partition coefficient (Wildman–Crippen LogP) is 2.36. The van der Waals surface area contributed by atoms with E-state index in [4.69, 9.17) is 9.31 Å². The Balaban J connectivity index is 2.18. The van der Waals surface area contributed by atoms with Gasteiger partial charge in [-0.1, -0.05) is 12.1 Å². The lowest BCUT2D eigenvalue weighted by atomic mass is 9.89. The summed E-state index contributed by atoms with van der Waals surface area (Å²) in [6, 6.07) is 0. The summed E-state index contributed by atoms with van der Waals surface area (Å²) in [4.78, 5) is 3.78. The molecule has 0 bridgehead atoms. The number of pyridine rings is 1. The maximum absolute atomic E-state index is 13.5. The molecule has 0 unspecified atom stereocenters. The first-order chi connectivity index (χ1) is 9.27. The highest BCUT2D eigenvalue weighted by Gasteiger charge is 2.49. The van der Waals surface area contributed by atoms with Crippen molar-refractivity contribution in [3.8, 4) is 0 Å². The number of hydrogen-bond donors (Lipinski definition) is 1. The molecule has 2 rings (SSSR count). The summed E-state index contributed by atoms with van der Waals surface area (Å²) in [6.07, 6.45) is 4.23. The van der Waals surface area contributed by atoms with Gasteiger partial charge in [-0.25, -0.2) is 4.39 Å². The Morgan fingerprint density at radius 3 is 2.40 bits per heavy atom. The third kappa shape index (κ3) is 2.77. The number of aliphatic hydroxyl groups is 1. The van der Waals surface area contributed by atoms with Gasteiger partial charge in [0.15, 0.2) is 0 Å². The molecule has 1 fully saturated rings. The minimum Gasteiger partial charge on any atom is -0.400 e. The van der Waals surface area contributed by atoms with Gasteiger partial charge in [0.25, 0.3) is 0 Å². The fraction of sp³-hybridized carbons (Fsp3) is 0.500. The lowest BCUT2D eigenvalue weighted by Gasteiger charge is -2.32. The van der Waals surface area contributed by atoms with Crippen LogP contribution < -0.4 is 0 Å². The fourth-order valence-corrected chi connectivity index (χ4v) is 1.94. The largest absolute Gasteiger partial charge is 0.487 e. The number of halogens is 1. The molecule has 1 N–H and O–H groups in total. The zero-order chi connectivity index (χ0) is 15.0. The monoisotopic (exact) mass is 279 g/mol. The minimum absolute atomic E-state index is 0.216. The average Bonchev–Trinajstić information content (AvgIpc) is 2.55. The lowest BCUT2D eigenvalue weighted by molar-refractivity contribution is 0.00578. The molecule has 1 aromatic rings. The molecule has 108 valence electrons. The van der Waals surface area contributed by atoms with Crippen LogP contribution >= 0.6 is 0 Å². The Bertz CT molecular complexity index is 515. The maximum atomic E-state index is 13.5. The summed E-state index contributed by atoms with van der Waals surface area (Å²) in [5.74, 6) is 1.18. The molecule has 0 spiro atoms. The summed E-state index contributed by atoms with van der Waals surface area (Å²) in [5.41, 5.74) is -0.0979. The van der Waals surface area contributed by atoms with Gasteiger partial charge in [-0.15, -0.1) is 0 Å². The third-order valence-electron chi connectivity index (χ3n) is 3.90. The summed E-state index contributed by atoms with van der Waals surface area (Å²) in [7, 11) is -0.505. The zero-order valence-electron chi connectivity index (χ0n) is 12.2. The number of aliphatic hydroxyl groups excluding tert-OH is 1. The van der Waals surface area contributed by atoms with E-state index >= 15 is 0 Å². The molecule has 0 amide bonds. The van der Waals surface area contributed by atoms with Gasteiger partial charge < -0.3 is 14.4 Å². The van der Waals surface area contributed by atoms with Gasteiger partial charge in [-0.2, -0.15) is 0 Å². The average molecular weight is 279 g/mol. The predicted molar refractivity (Wildman–Crippen MR) is 75.2 cm³/mol. The molecular weight excluding hydrogens is 260 g/mol. The second-order valence-electron chi connectivity index (χ2n) is 5.83. The van der Waals surface area contributed by atoms with E-state index < -0.39 is 24.1 Å². The highest BCUT2D eigenvalue weighted by Crippen LogP contribution is 2.37. The van der Waals surface area contributed by atoms with Crippen LogP contribution in [0.25, 0.3) is 6.08 Å². The molecule has 0 radical (unpaired) electrons. The van der Waals surface area contributed by atoms with Crippen LogP contribution in [0, 0.1) is 5.82 Å². The van der Waals surface area contributed by atoms with Crippen LogP contribution in [-0.2, 0) is 15.9 Å². The van der Waals surface area contributed by atoms with Crippen molar-refractivity contribution >= 4 is 13.2 Å². The van der Waals surface area contributed by atoms with Gasteiger partial charge >= 0.3 is 7.12 Å². The van der Waals surface area contributed by atoms with Crippen LogP contribution in [-0.4, -0.2) is 28.4 Å². The molecule has 20 heavy (non-hydrogen) atoms. The number of rotatable bonds is 3. The van der Waals surface area contributed by atoms with Crippen molar-refractivity contribution in [2.24, 2.45) is 0 Å².